The van der Waals surface area contributed by atoms with E-state index in [0.717, 1.165) is 30.2 Å². The van der Waals surface area contributed by atoms with Crippen LogP contribution in [0.25, 0.3) is 0 Å². The molecular formula is C19H26N3O4P. The van der Waals surface area contributed by atoms with Crippen LogP contribution in [-0.4, -0.2) is 47.5 Å². The van der Waals surface area contributed by atoms with E-state index in [1.165, 1.54) is 7.11 Å². The van der Waals surface area contributed by atoms with Gasteiger partial charge in [0.1, 0.15) is 11.5 Å². The Morgan fingerprint density at radius 1 is 0.926 bits per heavy atom. The normalized spacial score (nSPS) is 20.4. The number of nitrogens with one attached hydrogen (secondary N) is 2. The number of rotatable bonds is 4. The minimum atomic E-state index is -3.39. The maximum absolute atomic E-state index is 14.2. The van der Waals surface area contributed by atoms with E-state index < -0.39 is 7.87 Å². The van der Waals surface area contributed by atoms with Gasteiger partial charge in [0.15, 0.2) is 5.30 Å². The molecule has 7 nitrogen and oxygen atoms in total. The van der Waals surface area contributed by atoms with Gasteiger partial charge in [-0.15, -0.1) is 0 Å². The largest absolute Gasteiger partial charge is 0.633 e. The van der Waals surface area contributed by atoms with Crippen LogP contribution in [0.5, 0.6) is 11.5 Å². The lowest BCUT2D eigenvalue weighted by atomic mass is 10.3. The van der Waals surface area contributed by atoms with Gasteiger partial charge in [0, 0.05) is 25.7 Å². The molecule has 8 heteroatoms. The van der Waals surface area contributed by atoms with Crippen molar-refractivity contribution in [2.24, 2.45) is 0 Å². The summed E-state index contributed by atoms with van der Waals surface area (Å²) in [5, 5.41) is 7.31. The smallest absolute Gasteiger partial charge is 0.232 e. The number of hydrogen-bond acceptors (Lipinski definition) is 7. The van der Waals surface area contributed by atoms with Gasteiger partial charge < -0.3 is 25.0 Å². The van der Waals surface area contributed by atoms with Crippen molar-refractivity contribution in [1.82, 2.24) is 5.32 Å². The zero-order valence-electron chi connectivity index (χ0n) is 15.9. The van der Waals surface area contributed by atoms with Crippen LogP contribution >= 0.6 is 7.87 Å². The van der Waals surface area contributed by atoms with Crippen LogP contribution in [0.1, 0.15) is 0 Å². The van der Waals surface area contributed by atoms with Crippen LogP contribution in [-0.2, 0) is 4.52 Å². The number of ether oxygens (including phenoxy) is 2. The second kappa shape index (κ2) is 8.76. The first-order chi connectivity index (χ1) is 13.1. The van der Waals surface area contributed by atoms with Crippen molar-refractivity contribution in [1.29, 1.82) is 0 Å². The Morgan fingerprint density at radius 2 is 1.63 bits per heavy atom. The molecule has 1 aliphatic rings. The number of nitrogens with zero attached hydrogens (tertiary/aromatic N) is 1. The minimum Gasteiger partial charge on any atom is -0.633 e. The Kier molecular flexibility index (Phi) is 6.39. The molecule has 0 bridgehead atoms. The Bertz CT molecular complexity index is 759. The summed E-state index contributed by atoms with van der Waals surface area (Å²) in [4.78, 5) is 14.2. The molecule has 1 unspecified atom stereocenters. The van der Waals surface area contributed by atoms with Crippen LogP contribution in [0.15, 0.2) is 42.5 Å². The van der Waals surface area contributed by atoms with Gasteiger partial charge in [0.2, 0.25) is 7.87 Å². The summed E-state index contributed by atoms with van der Waals surface area (Å²) in [6, 6.07) is 13.0. The summed E-state index contributed by atoms with van der Waals surface area (Å²) in [5.74, 6) is 1.38. The summed E-state index contributed by atoms with van der Waals surface area (Å²) >= 11 is 0. The number of anilines is 2. The fraction of sp³-hybridized carbons (Fsp3) is 0.368. The summed E-state index contributed by atoms with van der Waals surface area (Å²) in [6.07, 6.45) is 0. The Morgan fingerprint density at radius 3 is 2.30 bits per heavy atom. The Labute approximate surface area is 160 Å². The highest BCUT2D eigenvalue weighted by atomic mass is 31.2. The molecule has 2 aromatic carbocycles. The number of fused-ring (bicyclic) bond motifs is 1. The van der Waals surface area contributed by atoms with Gasteiger partial charge in [0.25, 0.3) is 0 Å². The maximum Gasteiger partial charge on any atom is 0.232 e. The topological polar surface area (TPSA) is 78.1 Å². The van der Waals surface area contributed by atoms with Gasteiger partial charge in [-0.2, -0.15) is 0 Å². The van der Waals surface area contributed by atoms with Crippen molar-refractivity contribution >= 4 is 24.5 Å². The second-order valence-electron chi connectivity index (χ2n) is 6.08. The van der Waals surface area contributed by atoms with Gasteiger partial charge in [-0.05, 0) is 36.4 Å². The number of methoxy groups -OCH3 is 2. The lowest BCUT2D eigenvalue weighted by Gasteiger charge is -2.40. The molecule has 1 atom stereocenters. The third kappa shape index (κ3) is 4.12. The quantitative estimate of drug-likeness (QED) is 0.767. The molecular weight excluding hydrogens is 365 g/mol. The predicted molar refractivity (Wildman–Crippen MR) is 108 cm³/mol. The minimum absolute atomic E-state index is 0.536. The average Bonchev–Trinajstić information content (AvgIpc) is 2.72. The second-order valence-corrected chi connectivity index (χ2v) is 8.45. The average molecular weight is 391 g/mol. The predicted octanol–water partition coefficient (Wildman–Crippen LogP) is 1.62. The van der Waals surface area contributed by atoms with E-state index in [-0.39, 0.29) is 0 Å². The van der Waals surface area contributed by atoms with E-state index in [1.54, 1.807) is 20.3 Å². The molecule has 0 saturated carbocycles. The third-order valence-corrected chi connectivity index (χ3v) is 7.10. The zero-order chi connectivity index (χ0) is 19.3. The van der Waals surface area contributed by atoms with E-state index in [2.05, 4.69) is 10.6 Å². The molecule has 0 aromatic heterocycles. The molecule has 27 heavy (non-hydrogen) atoms. The van der Waals surface area contributed by atoms with Crippen molar-refractivity contribution in [2.75, 3.05) is 57.5 Å². The monoisotopic (exact) mass is 391 g/mol. The van der Waals surface area contributed by atoms with E-state index in [4.69, 9.17) is 14.0 Å². The van der Waals surface area contributed by atoms with Crippen LogP contribution < -0.4 is 35.0 Å². The van der Waals surface area contributed by atoms with Crippen molar-refractivity contribution < 1.29 is 18.9 Å². The summed E-state index contributed by atoms with van der Waals surface area (Å²) in [6.45, 7) is 2.75. The Balaban J connectivity index is 2.11. The molecule has 0 radical (unpaired) electrons. The fourth-order valence-corrected chi connectivity index (χ4v) is 5.31. The highest BCUT2D eigenvalue weighted by Crippen LogP contribution is 2.56. The first-order valence-electron chi connectivity index (χ1n) is 8.83. The van der Waals surface area contributed by atoms with Crippen molar-refractivity contribution in [3.8, 4) is 11.5 Å². The number of benzene rings is 2. The van der Waals surface area contributed by atoms with Crippen molar-refractivity contribution in [2.45, 2.75) is 0 Å². The summed E-state index contributed by atoms with van der Waals surface area (Å²) < 4.78 is 18.1. The van der Waals surface area contributed by atoms with Gasteiger partial charge >= 0.3 is 0 Å². The highest BCUT2D eigenvalue weighted by molar-refractivity contribution is 7.73. The third-order valence-electron chi connectivity index (χ3n) is 4.56. The molecule has 0 spiro atoms. The molecule has 2 aromatic rings. The van der Waals surface area contributed by atoms with Gasteiger partial charge in [-0.1, -0.05) is 0 Å². The lowest BCUT2D eigenvalue weighted by molar-refractivity contribution is -0.187. The molecule has 2 N–H and O–H groups in total. The van der Waals surface area contributed by atoms with Crippen LogP contribution in [0.2, 0.25) is 0 Å². The molecule has 146 valence electrons. The van der Waals surface area contributed by atoms with Crippen molar-refractivity contribution in [3.05, 3.63) is 42.5 Å². The summed E-state index contributed by atoms with van der Waals surface area (Å²) in [7, 11) is 1.31. The molecule has 3 rings (SSSR count). The lowest BCUT2D eigenvalue weighted by Crippen LogP contribution is -2.44. The van der Waals surface area contributed by atoms with Gasteiger partial charge in [-0.3, -0.25) is 0 Å². The summed E-state index contributed by atoms with van der Waals surface area (Å²) in [5.41, 5.74) is 1.58. The first-order valence-corrected chi connectivity index (χ1v) is 10.4. The molecule has 1 aliphatic heterocycles. The van der Waals surface area contributed by atoms with Gasteiger partial charge in [0.05, 0.1) is 39.2 Å². The molecule has 0 fully saturated rings. The van der Waals surface area contributed by atoms with Crippen LogP contribution in [0.3, 0.4) is 0 Å². The van der Waals surface area contributed by atoms with E-state index in [0.29, 0.717) is 24.1 Å². The fourth-order valence-electron chi connectivity index (χ4n) is 3.11. The zero-order valence-corrected chi connectivity index (χ0v) is 16.8. The Hall–Kier alpha value is -2.05. The first kappa shape index (κ1) is 19.7. The molecule has 0 amide bonds. The van der Waals surface area contributed by atoms with Crippen LogP contribution in [0.4, 0.5) is 11.4 Å². The highest BCUT2D eigenvalue weighted by Gasteiger charge is 2.41. The van der Waals surface area contributed by atoms with Crippen molar-refractivity contribution in [3.63, 3.8) is 0 Å². The molecule has 0 aliphatic carbocycles. The standard InChI is InChI=1S/C19H26N3O4P/c1-24-16-6-4-15(5-7-16)22-13-12-20-10-11-21-18-9-8-17(25-2)14-19(18)27(22,23)26-3/h4-9,14,20-21H,10-13H2,1-3H3. The van der Waals surface area contributed by atoms with E-state index in [9.17, 15) is 4.89 Å². The number of hydrogen-bond donors (Lipinski definition) is 2. The maximum atomic E-state index is 14.2. The SMILES string of the molecule is COc1ccc(N2CCNCCNc3ccc(OC)cc3[P+]2([O-])OC)cc1. The van der Waals surface area contributed by atoms with Crippen LogP contribution in [0, 0.1) is 0 Å². The van der Waals surface area contributed by atoms with E-state index in [1.807, 2.05) is 41.1 Å². The van der Waals surface area contributed by atoms with Gasteiger partial charge in [-0.25, -0.2) is 9.19 Å². The van der Waals surface area contributed by atoms with E-state index >= 15 is 0 Å². The molecule has 0 saturated heterocycles. The molecule has 1 heterocycles.